The third-order valence-corrected chi connectivity index (χ3v) is 3.76. The quantitative estimate of drug-likeness (QED) is 0.669. The van der Waals surface area contributed by atoms with Gasteiger partial charge >= 0.3 is 6.01 Å². The Labute approximate surface area is 152 Å². The molecular formula is C17H12ClFN4O3. The summed E-state index contributed by atoms with van der Waals surface area (Å²) in [5.74, 6) is -1.88. The number of methoxy groups -OCH3 is 1. The van der Waals surface area contributed by atoms with E-state index in [9.17, 15) is 14.0 Å². The lowest BCUT2D eigenvalue weighted by Crippen LogP contribution is -2.13. The molecule has 0 aliphatic carbocycles. The topological polar surface area (TPSA) is 97.0 Å². The van der Waals surface area contributed by atoms with Crippen LogP contribution in [0.2, 0.25) is 5.02 Å². The number of carbonyl (C=O) groups is 2. The molecule has 0 aliphatic rings. The number of hydrogen-bond acceptors (Lipinski definition) is 5. The van der Waals surface area contributed by atoms with Gasteiger partial charge < -0.3 is 15.0 Å². The minimum atomic E-state index is -0.731. The molecule has 0 fully saturated rings. The maximum atomic E-state index is 13.9. The number of carbonyl (C=O) groups excluding carboxylic acids is 2. The number of benzene rings is 1. The Balaban J connectivity index is 1.78. The molecule has 2 N–H and O–H groups in total. The number of nitrogens with one attached hydrogen (secondary N) is 2. The van der Waals surface area contributed by atoms with Gasteiger partial charge in [-0.05, 0) is 18.2 Å². The van der Waals surface area contributed by atoms with Crippen LogP contribution in [0.15, 0.2) is 42.9 Å². The number of halogens is 2. The van der Waals surface area contributed by atoms with Crippen LogP contribution in [-0.2, 0) is 0 Å². The second kappa shape index (κ2) is 7.32. The van der Waals surface area contributed by atoms with Gasteiger partial charge in [0.15, 0.2) is 5.78 Å². The molecule has 0 atom stereocenters. The summed E-state index contributed by atoms with van der Waals surface area (Å²) in [6.45, 7) is 0. The summed E-state index contributed by atoms with van der Waals surface area (Å²) in [6, 6.07) is 5.44. The van der Waals surface area contributed by atoms with Crippen molar-refractivity contribution in [3.63, 3.8) is 0 Å². The highest BCUT2D eigenvalue weighted by Gasteiger charge is 2.20. The molecule has 2 heterocycles. The van der Waals surface area contributed by atoms with Gasteiger partial charge in [-0.1, -0.05) is 17.7 Å². The number of H-pyrrole nitrogens is 1. The Hall–Kier alpha value is -3.26. The van der Waals surface area contributed by atoms with E-state index in [1.165, 1.54) is 43.9 Å². The monoisotopic (exact) mass is 374 g/mol. The molecule has 7 nitrogen and oxygen atoms in total. The van der Waals surface area contributed by atoms with Gasteiger partial charge in [0.2, 0.25) is 0 Å². The fourth-order valence-corrected chi connectivity index (χ4v) is 2.45. The van der Waals surface area contributed by atoms with Crippen LogP contribution in [0.5, 0.6) is 6.01 Å². The average molecular weight is 375 g/mol. The van der Waals surface area contributed by atoms with Crippen LogP contribution in [0.25, 0.3) is 0 Å². The van der Waals surface area contributed by atoms with Gasteiger partial charge in [0.25, 0.3) is 5.91 Å². The molecule has 132 valence electrons. The Kier molecular flexibility index (Phi) is 4.94. The zero-order valence-corrected chi connectivity index (χ0v) is 14.2. The lowest BCUT2D eigenvalue weighted by molar-refractivity contribution is 0.102. The summed E-state index contributed by atoms with van der Waals surface area (Å²) in [4.78, 5) is 35.1. The first-order valence-electron chi connectivity index (χ1n) is 7.34. The molecule has 0 spiro atoms. The smallest absolute Gasteiger partial charge is 0.316 e. The Bertz CT molecular complexity index is 952. The van der Waals surface area contributed by atoms with E-state index < -0.39 is 17.5 Å². The first-order valence-corrected chi connectivity index (χ1v) is 7.72. The van der Waals surface area contributed by atoms with Crippen molar-refractivity contribution in [3.05, 3.63) is 70.5 Å². The summed E-state index contributed by atoms with van der Waals surface area (Å²) in [5, 5.41) is 2.56. The molecule has 0 radical (unpaired) electrons. The van der Waals surface area contributed by atoms with Crippen molar-refractivity contribution in [3.8, 4) is 6.01 Å². The van der Waals surface area contributed by atoms with Crippen LogP contribution in [0.3, 0.4) is 0 Å². The van der Waals surface area contributed by atoms with Gasteiger partial charge in [-0.15, -0.1) is 0 Å². The largest absolute Gasteiger partial charge is 0.467 e. The zero-order valence-electron chi connectivity index (χ0n) is 13.4. The van der Waals surface area contributed by atoms with Crippen molar-refractivity contribution in [1.82, 2.24) is 15.0 Å². The van der Waals surface area contributed by atoms with Crippen molar-refractivity contribution in [1.29, 1.82) is 0 Å². The molecule has 1 aromatic carbocycles. The van der Waals surface area contributed by atoms with E-state index in [0.717, 1.165) is 6.07 Å². The minimum absolute atomic E-state index is 0.00224. The standard InChI is InChI=1S/C17H12ClFN4O3/c1-26-17-21-7-10(8-22-17)23-16(25)13-5-9(6-20-13)15(24)14-11(18)3-2-4-12(14)19/h2-8,20H,1H3,(H,23,25). The lowest BCUT2D eigenvalue weighted by atomic mass is 10.1. The van der Waals surface area contributed by atoms with Gasteiger partial charge in [-0.2, -0.15) is 0 Å². The van der Waals surface area contributed by atoms with E-state index in [-0.39, 0.29) is 27.9 Å². The second-order valence-corrected chi connectivity index (χ2v) is 5.55. The fraction of sp³-hybridized carbons (Fsp3) is 0.0588. The average Bonchev–Trinajstić information content (AvgIpc) is 3.12. The van der Waals surface area contributed by atoms with Crippen molar-refractivity contribution in [2.75, 3.05) is 12.4 Å². The highest BCUT2D eigenvalue weighted by atomic mass is 35.5. The molecule has 2 aromatic heterocycles. The normalized spacial score (nSPS) is 10.4. The van der Waals surface area contributed by atoms with Gasteiger partial charge in [0.1, 0.15) is 11.5 Å². The zero-order chi connectivity index (χ0) is 18.7. The van der Waals surface area contributed by atoms with Gasteiger partial charge in [-0.25, -0.2) is 14.4 Å². The van der Waals surface area contributed by atoms with E-state index in [1.54, 1.807) is 0 Å². The molecular weight excluding hydrogens is 363 g/mol. The number of nitrogens with zero attached hydrogens (tertiary/aromatic N) is 2. The van der Waals surface area contributed by atoms with Crippen molar-refractivity contribution in [2.45, 2.75) is 0 Å². The molecule has 26 heavy (non-hydrogen) atoms. The Morgan fingerprint density at radius 1 is 1.27 bits per heavy atom. The van der Waals surface area contributed by atoms with E-state index in [0.29, 0.717) is 5.69 Å². The molecule has 1 amide bonds. The van der Waals surface area contributed by atoms with Gasteiger partial charge in [-0.3, -0.25) is 9.59 Å². The van der Waals surface area contributed by atoms with Crippen LogP contribution in [0.4, 0.5) is 10.1 Å². The first-order chi connectivity index (χ1) is 12.5. The van der Waals surface area contributed by atoms with Crippen LogP contribution in [0.1, 0.15) is 26.4 Å². The number of aromatic amines is 1. The summed E-state index contributed by atoms with van der Waals surface area (Å²) >= 11 is 5.90. The molecule has 3 rings (SSSR count). The van der Waals surface area contributed by atoms with Gasteiger partial charge in [0, 0.05) is 11.8 Å². The number of aromatic nitrogens is 3. The third-order valence-electron chi connectivity index (χ3n) is 3.45. The molecule has 3 aromatic rings. The molecule has 0 unspecified atom stereocenters. The van der Waals surface area contributed by atoms with Crippen LogP contribution >= 0.6 is 11.6 Å². The summed E-state index contributed by atoms with van der Waals surface area (Å²) in [7, 11) is 1.42. The van der Waals surface area contributed by atoms with Crippen molar-refractivity contribution in [2.24, 2.45) is 0 Å². The van der Waals surface area contributed by atoms with E-state index in [4.69, 9.17) is 16.3 Å². The summed E-state index contributed by atoms with van der Waals surface area (Å²) < 4.78 is 18.7. The highest BCUT2D eigenvalue weighted by molar-refractivity contribution is 6.35. The molecule has 0 saturated carbocycles. The van der Waals surface area contributed by atoms with E-state index in [2.05, 4.69) is 20.3 Å². The number of amides is 1. The number of hydrogen-bond donors (Lipinski definition) is 2. The summed E-state index contributed by atoms with van der Waals surface area (Å²) in [5.41, 5.74) is 0.309. The van der Waals surface area contributed by atoms with Crippen LogP contribution in [-0.4, -0.2) is 33.8 Å². The maximum absolute atomic E-state index is 13.9. The minimum Gasteiger partial charge on any atom is -0.467 e. The predicted molar refractivity (Wildman–Crippen MR) is 92.2 cm³/mol. The highest BCUT2D eigenvalue weighted by Crippen LogP contribution is 2.23. The summed E-state index contributed by atoms with van der Waals surface area (Å²) in [6.07, 6.45) is 4.06. The first kappa shape index (κ1) is 17.6. The fourth-order valence-electron chi connectivity index (χ4n) is 2.20. The Morgan fingerprint density at radius 2 is 2.00 bits per heavy atom. The molecule has 0 bridgehead atoms. The van der Waals surface area contributed by atoms with Crippen LogP contribution in [0, 0.1) is 5.82 Å². The number of ether oxygens (including phenoxy) is 1. The molecule has 9 heteroatoms. The predicted octanol–water partition coefficient (Wildman–Crippen LogP) is 3.09. The van der Waals surface area contributed by atoms with Crippen molar-refractivity contribution >= 4 is 29.0 Å². The number of ketones is 1. The lowest BCUT2D eigenvalue weighted by Gasteiger charge is -2.04. The second-order valence-electron chi connectivity index (χ2n) is 5.14. The molecule has 0 saturated heterocycles. The van der Waals surface area contributed by atoms with E-state index in [1.807, 2.05) is 0 Å². The Morgan fingerprint density at radius 3 is 2.65 bits per heavy atom. The molecule has 0 aliphatic heterocycles. The SMILES string of the molecule is COc1ncc(NC(=O)c2cc(C(=O)c3c(F)cccc3Cl)c[nH]2)cn1. The van der Waals surface area contributed by atoms with Gasteiger partial charge in [0.05, 0.1) is 35.8 Å². The number of anilines is 1. The van der Waals surface area contributed by atoms with Crippen LogP contribution < -0.4 is 10.1 Å². The maximum Gasteiger partial charge on any atom is 0.316 e. The van der Waals surface area contributed by atoms with Crippen molar-refractivity contribution < 1.29 is 18.7 Å². The van der Waals surface area contributed by atoms with E-state index >= 15 is 0 Å². The number of rotatable bonds is 5. The third kappa shape index (κ3) is 3.55.